The highest BCUT2D eigenvalue weighted by Crippen LogP contribution is 2.40. The molecule has 242 valence electrons. The van der Waals surface area contributed by atoms with Gasteiger partial charge in [0.25, 0.3) is 10.9 Å². The number of alkyl carbamates (subject to hydrolysis) is 1. The largest absolute Gasteiger partial charge is 0.618 e. The number of hydrogen-bond donors (Lipinski definition) is 2. The number of ether oxygens (including phenoxy) is 3. The van der Waals surface area contributed by atoms with Crippen molar-refractivity contribution < 1.29 is 38.4 Å². The van der Waals surface area contributed by atoms with E-state index in [-0.39, 0.29) is 31.8 Å². The maximum absolute atomic E-state index is 13.3. The van der Waals surface area contributed by atoms with Crippen LogP contribution in [-0.4, -0.2) is 40.9 Å². The minimum atomic E-state index is -1.06. The number of benzene rings is 3. The van der Waals surface area contributed by atoms with Gasteiger partial charge in [0.05, 0.1) is 30.9 Å². The number of carbonyl (C=O) groups is 3. The predicted octanol–water partition coefficient (Wildman–Crippen LogP) is 4.71. The van der Waals surface area contributed by atoms with Gasteiger partial charge in [0, 0.05) is 29.9 Å². The summed E-state index contributed by atoms with van der Waals surface area (Å²) >= 11 is 1.38. The second-order valence-corrected chi connectivity index (χ2v) is 12.2. The van der Waals surface area contributed by atoms with Crippen molar-refractivity contribution in [2.45, 2.75) is 55.6 Å². The van der Waals surface area contributed by atoms with Gasteiger partial charge in [-0.25, -0.2) is 9.69 Å². The standard InChI is InChI=1S/C35H33N3O8S/c39-20-23-12-14-25(15-13-23)30-18-28(22-47-32-11-4-5-16-37(32)43)45-34(46-30)26-9-6-10-27(17-26)38-31(40)19-29(33(38)41)36-35(42)44-21-24-7-2-1-3-8-24/h1-17,28-30,34,39H,18-22H2,(H,36,42)/t28-,29?,30+,34+/m0/s1. The van der Waals surface area contributed by atoms with E-state index in [4.69, 9.17) is 14.2 Å². The number of pyridine rings is 1. The SMILES string of the molecule is O=C(NC1CC(=O)N(c2cccc([C@@H]3O[C@H](CSc4cccc[n+]4[O-])C[C@H](c4ccc(CO)cc4)O3)c2)C1=O)OCc1ccccc1. The molecule has 2 N–H and O–H groups in total. The number of nitrogens with zero attached hydrogens (tertiary/aromatic N) is 2. The number of carbonyl (C=O) groups excluding carboxylic acids is 3. The molecule has 1 unspecified atom stereocenters. The van der Waals surface area contributed by atoms with E-state index in [2.05, 4.69) is 5.32 Å². The highest BCUT2D eigenvalue weighted by molar-refractivity contribution is 7.99. The highest BCUT2D eigenvalue weighted by Gasteiger charge is 2.41. The fourth-order valence-corrected chi connectivity index (χ4v) is 6.39. The van der Waals surface area contributed by atoms with Crippen molar-refractivity contribution >= 4 is 35.4 Å². The Balaban J connectivity index is 1.17. The van der Waals surface area contributed by atoms with Gasteiger partial charge in [0.15, 0.2) is 12.5 Å². The summed E-state index contributed by atoms with van der Waals surface area (Å²) in [4.78, 5) is 39.8. The average Bonchev–Trinajstić information content (AvgIpc) is 3.38. The third kappa shape index (κ3) is 7.80. The molecule has 2 fully saturated rings. The van der Waals surface area contributed by atoms with Crippen LogP contribution in [0.25, 0.3) is 0 Å². The van der Waals surface area contributed by atoms with Crippen LogP contribution in [0, 0.1) is 5.21 Å². The van der Waals surface area contributed by atoms with Gasteiger partial charge in [-0.2, -0.15) is 4.73 Å². The normalized spacial score (nSPS) is 21.1. The van der Waals surface area contributed by atoms with Gasteiger partial charge >= 0.3 is 6.09 Å². The Bertz CT molecular complexity index is 1720. The van der Waals surface area contributed by atoms with Gasteiger partial charge in [-0.1, -0.05) is 78.5 Å². The molecule has 11 nitrogen and oxygen atoms in total. The van der Waals surface area contributed by atoms with Gasteiger partial charge in [-0.05, 0) is 34.9 Å². The van der Waals surface area contributed by atoms with Crippen LogP contribution < -0.4 is 14.9 Å². The van der Waals surface area contributed by atoms with Crippen LogP contribution in [0.2, 0.25) is 0 Å². The van der Waals surface area contributed by atoms with Crippen LogP contribution in [0.4, 0.5) is 10.5 Å². The molecule has 1 aromatic heterocycles. The zero-order valence-electron chi connectivity index (χ0n) is 25.3. The lowest BCUT2D eigenvalue weighted by Gasteiger charge is -2.36. The Kier molecular flexibility index (Phi) is 10.1. The number of aromatic nitrogens is 1. The average molecular weight is 656 g/mol. The summed E-state index contributed by atoms with van der Waals surface area (Å²) in [6.45, 7) is -0.0436. The monoisotopic (exact) mass is 655 g/mol. The van der Waals surface area contributed by atoms with Crippen LogP contribution >= 0.6 is 11.8 Å². The topological polar surface area (TPSA) is 141 Å². The molecule has 3 aromatic carbocycles. The molecule has 2 saturated heterocycles. The Morgan fingerprint density at radius 1 is 0.957 bits per heavy atom. The Morgan fingerprint density at radius 2 is 1.74 bits per heavy atom. The lowest BCUT2D eigenvalue weighted by Crippen LogP contribution is -2.42. The van der Waals surface area contributed by atoms with Crippen molar-refractivity contribution in [1.82, 2.24) is 5.32 Å². The van der Waals surface area contributed by atoms with E-state index in [0.29, 0.717) is 28.5 Å². The van der Waals surface area contributed by atoms with E-state index < -0.39 is 30.2 Å². The molecule has 4 aromatic rings. The number of amides is 3. The number of rotatable bonds is 10. The molecule has 0 spiro atoms. The first-order chi connectivity index (χ1) is 22.9. The quantitative estimate of drug-likeness (QED) is 0.108. The lowest BCUT2D eigenvalue weighted by molar-refractivity contribution is -0.645. The van der Waals surface area contributed by atoms with Crippen molar-refractivity contribution in [3.63, 3.8) is 0 Å². The van der Waals surface area contributed by atoms with Gasteiger partial charge < -0.3 is 29.8 Å². The molecule has 0 bridgehead atoms. The van der Waals surface area contributed by atoms with Crippen LogP contribution in [0.1, 0.15) is 47.5 Å². The molecule has 6 rings (SSSR count). The first-order valence-corrected chi connectivity index (χ1v) is 16.1. The number of aliphatic hydroxyl groups excluding tert-OH is 1. The Hall–Kier alpha value is -4.75. The second kappa shape index (κ2) is 14.8. The zero-order chi connectivity index (χ0) is 32.8. The molecule has 2 aliphatic rings. The van der Waals surface area contributed by atoms with Crippen LogP contribution in [0.15, 0.2) is 108 Å². The number of thioether (sulfide) groups is 1. The first kappa shape index (κ1) is 32.2. The van der Waals surface area contributed by atoms with Crippen molar-refractivity contribution in [3.05, 3.63) is 131 Å². The van der Waals surface area contributed by atoms with E-state index in [9.17, 15) is 24.7 Å². The fraction of sp³-hybridized carbons (Fsp3) is 0.257. The molecule has 47 heavy (non-hydrogen) atoms. The van der Waals surface area contributed by atoms with E-state index >= 15 is 0 Å². The van der Waals surface area contributed by atoms with Gasteiger partial charge in [0.1, 0.15) is 12.6 Å². The van der Waals surface area contributed by atoms with Crippen molar-refractivity contribution in [2.75, 3.05) is 10.7 Å². The minimum Gasteiger partial charge on any atom is -0.618 e. The smallest absolute Gasteiger partial charge is 0.408 e. The predicted molar refractivity (Wildman–Crippen MR) is 172 cm³/mol. The molecule has 3 heterocycles. The molecular weight excluding hydrogens is 622 g/mol. The number of nitrogens with one attached hydrogen (secondary N) is 1. The zero-order valence-corrected chi connectivity index (χ0v) is 26.1. The van der Waals surface area contributed by atoms with E-state index in [1.807, 2.05) is 54.6 Å². The lowest BCUT2D eigenvalue weighted by atomic mass is 10.0. The molecule has 0 radical (unpaired) electrons. The van der Waals surface area contributed by atoms with Gasteiger partial charge in [-0.15, -0.1) is 0 Å². The van der Waals surface area contributed by atoms with Crippen molar-refractivity contribution in [1.29, 1.82) is 0 Å². The van der Waals surface area contributed by atoms with E-state index in [1.54, 1.807) is 42.5 Å². The number of anilines is 1. The fourth-order valence-electron chi connectivity index (χ4n) is 5.46. The third-order valence-corrected chi connectivity index (χ3v) is 9.02. The van der Waals surface area contributed by atoms with Crippen LogP contribution in [0.3, 0.4) is 0 Å². The second-order valence-electron chi connectivity index (χ2n) is 11.2. The van der Waals surface area contributed by atoms with E-state index in [1.165, 1.54) is 18.0 Å². The minimum absolute atomic E-state index is 0.0307. The summed E-state index contributed by atoms with van der Waals surface area (Å²) in [6, 6.07) is 27.6. The van der Waals surface area contributed by atoms with Crippen molar-refractivity contribution in [3.8, 4) is 0 Å². The molecule has 3 amide bonds. The molecular formula is C35H33N3O8S. The Labute approximate surface area is 275 Å². The number of hydrogen-bond acceptors (Lipinski definition) is 9. The summed E-state index contributed by atoms with van der Waals surface area (Å²) in [6.07, 6.45) is -0.552. The number of aliphatic hydroxyl groups is 1. The molecule has 0 aliphatic carbocycles. The van der Waals surface area contributed by atoms with Crippen LogP contribution in [-0.2, 0) is 37.0 Å². The summed E-state index contributed by atoms with van der Waals surface area (Å²) in [5, 5.41) is 24.8. The highest BCUT2D eigenvalue weighted by atomic mass is 32.2. The third-order valence-electron chi connectivity index (χ3n) is 7.87. The van der Waals surface area contributed by atoms with Gasteiger partial charge in [-0.3, -0.25) is 9.59 Å². The molecule has 12 heteroatoms. The number of imide groups is 1. The maximum atomic E-state index is 13.3. The maximum Gasteiger partial charge on any atom is 0.408 e. The summed E-state index contributed by atoms with van der Waals surface area (Å²) in [7, 11) is 0. The molecule has 0 saturated carbocycles. The molecule has 4 atom stereocenters. The molecule has 2 aliphatic heterocycles. The first-order valence-electron chi connectivity index (χ1n) is 15.1. The summed E-state index contributed by atoms with van der Waals surface area (Å²) in [5.41, 5.74) is 3.38. The Morgan fingerprint density at radius 3 is 2.51 bits per heavy atom. The van der Waals surface area contributed by atoms with Crippen molar-refractivity contribution in [2.24, 2.45) is 0 Å². The van der Waals surface area contributed by atoms with Crippen LogP contribution in [0.5, 0.6) is 0 Å². The summed E-state index contributed by atoms with van der Waals surface area (Å²) in [5.74, 6) is -0.552. The van der Waals surface area contributed by atoms with Gasteiger partial charge in [0.2, 0.25) is 5.91 Å². The van der Waals surface area contributed by atoms with E-state index in [0.717, 1.165) is 26.3 Å². The summed E-state index contributed by atoms with van der Waals surface area (Å²) < 4.78 is 18.9.